The SMILES string of the molecule is CC1CN=C(Nc2nc(-c3ccc(S(=O)[O-])s3)ncc2Cl)C=C1C1CCCC1. The summed E-state index contributed by atoms with van der Waals surface area (Å²) in [5, 5.41) is 3.63. The van der Waals surface area contributed by atoms with E-state index in [1.807, 2.05) is 0 Å². The smallest absolute Gasteiger partial charge is 0.171 e. The lowest BCUT2D eigenvalue weighted by atomic mass is 9.86. The molecule has 2 aliphatic rings. The Morgan fingerprint density at radius 2 is 2.11 bits per heavy atom. The summed E-state index contributed by atoms with van der Waals surface area (Å²) in [5.41, 5.74) is 1.46. The zero-order valence-electron chi connectivity index (χ0n) is 15.4. The molecule has 0 amide bonds. The molecule has 2 aromatic heterocycles. The minimum Gasteiger partial charge on any atom is -0.768 e. The Morgan fingerprint density at radius 1 is 1.32 bits per heavy atom. The normalized spacial score (nSPS) is 21.3. The molecule has 1 aliphatic heterocycles. The molecule has 1 aliphatic carbocycles. The maximum Gasteiger partial charge on any atom is 0.171 e. The number of anilines is 1. The monoisotopic (exact) mass is 435 g/mol. The molecule has 6 nitrogen and oxygen atoms in total. The molecule has 148 valence electrons. The van der Waals surface area contributed by atoms with Gasteiger partial charge in [-0.3, -0.25) is 9.20 Å². The number of dihydropyridines is 1. The summed E-state index contributed by atoms with van der Waals surface area (Å²) in [6.45, 7) is 2.98. The molecule has 28 heavy (non-hydrogen) atoms. The maximum absolute atomic E-state index is 11.1. The van der Waals surface area contributed by atoms with Crippen molar-refractivity contribution in [2.24, 2.45) is 16.8 Å². The van der Waals surface area contributed by atoms with Crippen LogP contribution in [0.1, 0.15) is 32.6 Å². The highest BCUT2D eigenvalue weighted by Crippen LogP contribution is 2.36. The van der Waals surface area contributed by atoms with E-state index in [0.717, 1.165) is 23.7 Å². The second-order valence-corrected chi connectivity index (χ2v) is 9.78. The van der Waals surface area contributed by atoms with Crippen LogP contribution in [0.25, 0.3) is 10.7 Å². The average Bonchev–Trinajstić information content (AvgIpc) is 3.37. The summed E-state index contributed by atoms with van der Waals surface area (Å²) in [6, 6.07) is 3.23. The van der Waals surface area contributed by atoms with Gasteiger partial charge < -0.3 is 9.87 Å². The Balaban J connectivity index is 1.58. The van der Waals surface area contributed by atoms with Crippen LogP contribution in [0.2, 0.25) is 5.02 Å². The van der Waals surface area contributed by atoms with Gasteiger partial charge in [-0.1, -0.05) is 36.9 Å². The fourth-order valence-corrected chi connectivity index (χ4v) is 5.30. The quantitative estimate of drug-likeness (QED) is 0.704. The van der Waals surface area contributed by atoms with E-state index >= 15 is 0 Å². The Morgan fingerprint density at radius 3 is 2.82 bits per heavy atom. The van der Waals surface area contributed by atoms with Crippen molar-refractivity contribution in [2.45, 2.75) is 36.8 Å². The van der Waals surface area contributed by atoms with Gasteiger partial charge in [0, 0.05) is 6.54 Å². The fourth-order valence-electron chi connectivity index (χ4n) is 3.77. The second-order valence-electron chi connectivity index (χ2n) is 7.12. The Bertz CT molecular complexity index is 967. The van der Waals surface area contributed by atoms with E-state index in [1.165, 1.54) is 43.5 Å². The fraction of sp³-hybridized carbons (Fsp3) is 0.421. The van der Waals surface area contributed by atoms with E-state index in [0.29, 0.717) is 33.4 Å². The molecular formula is C19H20ClN4O2S2-. The van der Waals surface area contributed by atoms with Crippen molar-refractivity contribution in [1.82, 2.24) is 9.97 Å². The first-order valence-corrected chi connectivity index (χ1v) is 11.5. The molecule has 1 fully saturated rings. The van der Waals surface area contributed by atoms with Crippen LogP contribution in [0.4, 0.5) is 5.82 Å². The Kier molecular flexibility index (Phi) is 5.91. The maximum atomic E-state index is 11.1. The number of nitrogens with one attached hydrogen (secondary N) is 1. The summed E-state index contributed by atoms with van der Waals surface area (Å²) in [5.74, 6) is 2.77. The Hall–Kier alpha value is -1.61. The van der Waals surface area contributed by atoms with E-state index in [9.17, 15) is 8.76 Å². The van der Waals surface area contributed by atoms with Crippen molar-refractivity contribution in [3.63, 3.8) is 0 Å². The number of hydrogen-bond donors (Lipinski definition) is 1. The van der Waals surface area contributed by atoms with Crippen LogP contribution in [0.3, 0.4) is 0 Å². The van der Waals surface area contributed by atoms with Crippen molar-refractivity contribution in [3.8, 4) is 10.7 Å². The molecule has 9 heteroatoms. The Labute approximate surface area is 175 Å². The molecule has 0 aromatic carbocycles. The van der Waals surface area contributed by atoms with Crippen molar-refractivity contribution in [3.05, 3.63) is 35.0 Å². The molecule has 2 unspecified atom stereocenters. The molecular weight excluding hydrogens is 416 g/mol. The third kappa shape index (κ3) is 4.20. The van der Waals surface area contributed by atoms with Crippen LogP contribution in [-0.2, 0) is 11.1 Å². The van der Waals surface area contributed by atoms with E-state index in [2.05, 4.69) is 33.3 Å². The van der Waals surface area contributed by atoms with Crippen LogP contribution < -0.4 is 5.32 Å². The molecule has 0 radical (unpaired) electrons. The molecule has 0 spiro atoms. The van der Waals surface area contributed by atoms with Gasteiger partial charge in [-0.15, -0.1) is 11.3 Å². The van der Waals surface area contributed by atoms with Crippen LogP contribution in [0.5, 0.6) is 0 Å². The van der Waals surface area contributed by atoms with Gasteiger partial charge in [-0.2, -0.15) is 0 Å². The van der Waals surface area contributed by atoms with Gasteiger partial charge in [0.05, 0.1) is 15.3 Å². The van der Waals surface area contributed by atoms with Crippen LogP contribution >= 0.6 is 22.9 Å². The topological polar surface area (TPSA) is 90.3 Å². The number of thiophene rings is 1. The van der Waals surface area contributed by atoms with E-state index in [1.54, 1.807) is 6.07 Å². The molecule has 0 saturated heterocycles. The summed E-state index contributed by atoms with van der Waals surface area (Å²) in [6.07, 6.45) is 8.77. The molecule has 2 aromatic rings. The molecule has 2 atom stereocenters. The molecule has 1 saturated carbocycles. The lowest BCUT2D eigenvalue weighted by Gasteiger charge is -2.25. The molecule has 1 N–H and O–H groups in total. The number of halogens is 1. The van der Waals surface area contributed by atoms with Crippen molar-refractivity contribution >= 4 is 45.7 Å². The highest BCUT2D eigenvalue weighted by Gasteiger charge is 2.26. The average molecular weight is 436 g/mol. The standard InChI is InChI=1S/C19H21ClN4O2S2/c1-11-9-21-16(8-13(11)12-4-2-3-5-12)23-18-14(20)10-22-19(24-18)15-6-7-17(27-15)28(25)26/h6-8,10-12H,2-5,9H2,1H3,(H,25,26)(H,21,22,23,24)/p-1. The van der Waals surface area contributed by atoms with Crippen molar-refractivity contribution in [2.75, 3.05) is 11.9 Å². The van der Waals surface area contributed by atoms with Gasteiger partial charge in [-0.25, -0.2) is 9.97 Å². The molecule has 4 rings (SSSR count). The number of amidine groups is 1. The first-order chi connectivity index (χ1) is 13.5. The third-order valence-electron chi connectivity index (χ3n) is 5.19. The van der Waals surface area contributed by atoms with E-state index in [-0.39, 0.29) is 4.21 Å². The van der Waals surface area contributed by atoms with Crippen LogP contribution in [-0.4, -0.2) is 31.1 Å². The van der Waals surface area contributed by atoms with Crippen LogP contribution in [0.15, 0.2) is 39.2 Å². The first-order valence-electron chi connectivity index (χ1n) is 9.26. The van der Waals surface area contributed by atoms with Gasteiger partial charge in [0.15, 0.2) is 11.6 Å². The first kappa shape index (κ1) is 19.7. The summed E-state index contributed by atoms with van der Waals surface area (Å²) in [7, 11) is 0. The minimum atomic E-state index is -2.26. The van der Waals surface area contributed by atoms with E-state index in [4.69, 9.17) is 11.6 Å². The zero-order chi connectivity index (χ0) is 19.7. The zero-order valence-corrected chi connectivity index (χ0v) is 17.7. The molecule has 3 heterocycles. The third-order valence-corrected chi connectivity index (χ3v) is 7.47. The lowest BCUT2D eigenvalue weighted by Crippen LogP contribution is -2.23. The summed E-state index contributed by atoms with van der Waals surface area (Å²) in [4.78, 5) is 14.0. The number of hydrogen-bond acceptors (Lipinski definition) is 7. The number of nitrogens with zero attached hydrogens (tertiary/aromatic N) is 3. The molecule has 0 bridgehead atoms. The highest BCUT2D eigenvalue weighted by atomic mass is 35.5. The van der Waals surface area contributed by atoms with Gasteiger partial charge >= 0.3 is 0 Å². The van der Waals surface area contributed by atoms with E-state index < -0.39 is 11.1 Å². The largest absolute Gasteiger partial charge is 0.768 e. The summed E-state index contributed by atoms with van der Waals surface area (Å²) < 4.78 is 22.5. The predicted molar refractivity (Wildman–Crippen MR) is 113 cm³/mol. The van der Waals surface area contributed by atoms with Gasteiger partial charge in [0.2, 0.25) is 0 Å². The number of rotatable bonds is 4. The van der Waals surface area contributed by atoms with Crippen molar-refractivity contribution < 1.29 is 8.76 Å². The van der Waals surface area contributed by atoms with Crippen molar-refractivity contribution in [1.29, 1.82) is 0 Å². The minimum absolute atomic E-state index is 0.248. The number of aliphatic imine (C=N–C) groups is 1. The number of aromatic nitrogens is 2. The lowest BCUT2D eigenvalue weighted by molar-refractivity contribution is 0.535. The summed E-state index contributed by atoms with van der Waals surface area (Å²) >= 11 is 5.15. The second kappa shape index (κ2) is 8.41. The van der Waals surface area contributed by atoms with Gasteiger partial charge in [0.25, 0.3) is 0 Å². The van der Waals surface area contributed by atoms with Gasteiger partial charge in [-0.05, 0) is 54.0 Å². The van der Waals surface area contributed by atoms with Crippen LogP contribution in [0, 0.1) is 11.8 Å². The highest BCUT2D eigenvalue weighted by molar-refractivity contribution is 7.81. The van der Waals surface area contributed by atoms with Gasteiger partial charge in [0.1, 0.15) is 10.9 Å². The predicted octanol–water partition coefficient (Wildman–Crippen LogP) is 4.67.